The molecule has 0 atom stereocenters. The standard InChI is InChI=1S/Cr.Fe.2H2O.2O.Zn/h;;2*1H2;;;/q+2;;;;;;/p-2. The van der Waals surface area contributed by atoms with Crippen molar-refractivity contribution >= 4 is 0 Å². The molecule has 0 rings (SSSR count). The molecule has 0 heterocycles. The van der Waals surface area contributed by atoms with Crippen LogP contribution in [0.4, 0.5) is 0 Å². The van der Waals surface area contributed by atoms with Crippen LogP contribution in [0.5, 0.6) is 0 Å². The summed E-state index contributed by atoms with van der Waals surface area (Å²) < 4.78 is 31.9. The van der Waals surface area contributed by atoms with Gasteiger partial charge in [0.15, 0.2) is 0 Å². The van der Waals surface area contributed by atoms with Gasteiger partial charge in [-0.15, -0.1) is 0 Å². The van der Waals surface area contributed by atoms with Crippen molar-refractivity contribution in [1.82, 2.24) is 0 Å². The molecule has 0 spiro atoms. The molecule has 0 fully saturated rings. The van der Waals surface area contributed by atoms with Crippen LogP contribution in [0.25, 0.3) is 0 Å². The van der Waals surface area contributed by atoms with E-state index in [9.17, 15) is 0 Å². The van der Waals surface area contributed by atoms with Crippen LogP contribution < -0.4 is 0 Å². The van der Waals surface area contributed by atoms with E-state index in [1.807, 2.05) is 0 Å². The van der Waals surface area contributed by atoms with Gasteiger partial charge in [-0.05, 0) is 0 Å². The first-order chi connectivity index (χ1) is 2.00. The van der Waals surface area contributed by atoms with Gasteiger partial charge in [0.05, 0.1) is 0 Å². The van der Waals surface area contributed by atoms with E-state index in [4.69, 9.17) is 15.9 Å². The monoisotopic (exact) mass is 238 g/mol. The maximum atomic E-state index is 8.82. The molecule has 0 bridgehead atoms. The molecule has 0 aliphatic heterocycles. The minimum Gasteiger partial charge on any atom is 0 e. The second-order valence-electron chi connectivity index (χ2n) is 0.448. The average molecular weight is 239 g/mol. The van der Waals surface area contributed by atoms with Crippen LogP contribution >= 0.6 is 0 Å². The summed E-state index contributed by atoms with van der Waals surface area (Å²) in [6, 6.07) is 0. The van der Waals surface area contributed by atoms with Crippen molar-refractivity contribution in [2.24, 2.45) is 0 Å². The van der Waals surface area contributed by atoms with Crippen LogP contribution in [0, 0.1) is 0 Å². The number of hydrogen-bond donors (Lipinski definition) is 2. The maximum Gasteiger partial charge on any atom is 0 e. The molecule has 4 nitrogen and oxygen atoms in total. The van der Waals surface area contributed by atoms with Crippen molar-refractivity contribution < 1.29 is 66.1 Å². The van der Waals surface area contributed by atoms with Crippen molar-refractivity contribution in [3.8, 4) is 0 Å². The third kappa shape index (κ3) is 136. The summed E-state index contributed by atoms with van der Waals surface area (Å²) in [5, 5.41) is 0. The van der Waals surface area contributed by atoms with Crippen LogP contribution in [0.1, 0.15) is 0 Å². The zero-order valence-electron chi connectivity index (χ0n) is 3.18. The van der Waals surface area contributed by atoms with Crippen LogP contribution in [0.15, 0.2) is 0 Å². The van der Waals surface area contributed by atoms with Crippen molar-refractivity contribution in [1.29, 1.82) is 0 Å². The van der Waals surface area contributed by atoms with Gasteiger partial charge in [-0.3, -0.25) is 0 Å². The molecular weight excluding hydrogens is 237 g/mol. The maximum absolute atomic E-state index is 8.82. The second kappa shape index (κ2) is 5.33. The van der Waals surface area contributed by atoms with E-state index in [1.165, 1.54) is 0 Å². The molecule has 42 valence electrons. The Morgan fingerprint density at radius 3 is 1.14 bits per heavy atom. The fourth-order valence-corrected chi connectivity index (χ4v) is 0. The summed E-state index contributed by atoms with van der Waals surface area (Å²) in [5.74, 6) is 0. The van der Waals surface area contributed by atoms with Crippen molar-refractivity contribution in [3.63, 3.8) is 0 Å². The normalized spacial score (nSPS) is 8.29. The Kier molecular flexibility index (Phi) is 12.0. The Labute approximate surface area is 65.9 Å². The van der Waals surface area contributed by atoms with Gasteiger partial charge in [-0.1, -0.05) is 0 Å². The van der Waals surface area contributed by atoms with Crippen LogP contribution in [0.3, 0.4) is 0 Å². The molecule has 0 unspecified atom stereocenters. The van der Waals surface area contributed by atoms with Crippen LogP contribution in [0.2, 0.25) is 0 Å². The Bertz CT molecular complexity index is 94.9. The molecule has 0 aliphatic carbocycles. The van der Waals surface area contributed by atoms with Gasteiger partial charge in [0.2, 0.25) is 0 Å². The average Bonchev–Trinajstić information content (AvgIpc) is 0.722. The summed E-state index contributed by atoms with van der Waals surface area (Å²) in [4.78, 5) is 0. The van der Waals surface area contributed by atoms with Crippen molar-refractivity contribution in [2.45, 2.75) is 0 Å². The summed E-state index contributed by atoms with van der Waals surface area (Å²) in [7, 11) is 0. The molecule has 7 heavy (non-hydrogen) atoms. The van der Waals surface area contributed by atoms with E-state index in [0.717, 1.165) is 0 Å². The van der Waals surface area contributed by atoms with Crippen LogP contribution in [-0.2, 0) is 57.8 Å². The summed E-state index contributed by atoms with van der Waals surface area (Å²) >= 11 is -5.25. The van der Waals surface area contributed by atoms with Gasteiger partial charge in [-0.2, -0.15) is 0 Å². The molecule has 0 amide bonds. The molecule has 7 heteroatoms. The first kappa shape index (κ1) is 15.7. The van der Waals surface area contributed by atoms with E-state index < -0.39 is 13.6 Å². The minimum atomic E-state index is -5.25. The zero-order chi connectivity index (χ0) is 4.50. The molecule has 0 radical (unpaired) electrons. The quantitative estimate of drug-likeness (QED) is 0.512. The molecule has 0 aromatic rings. The SMILES string of the molecule is [Fe].[O]=[Cr](=[O])([OH])[OH].[Zn]. The number of rotatable bonds is 0. The number of hydrogen-bond acceptors (Lipinski definition) is 2. The molecular formula is H2CrFeO4Zn. The minimum absolute atomic E-state index is 0. The molecule has 0 saturated heterocycles. The first-order valence-electron chi connectivity index (χ1n) is 0.698. The summed E-state index contributed by atoms with van der Waals surface area (Å²) in [6.45, 7) is 0. The van der Waals surface area contributed by atoms with E-state index in [0.29, 0.717) is 0 Å². The van der Waals surface area contributed by atoms with Crippen molar-refractivity contribution in [2.75, 3.05) is 0 Å². The first-order valence-corrected chi connectivity index (χ1v) is 2.88. The van der Waals surface area contributed by atoms with Gasteiger partial charge in [-0.25, -0.2) is 0 Å². The van der Waals surface area contributed by atoms with E-state index >= 15 is 0 Å². The van der Waals surface area contributed by atoms with Gasteiger partial charge < -0.3 is 0 Å². The predicted molar refractivity (Wildman–Crippen MR) is 5.81 cm³/mol. The largest absolute Gasteiger partial charge is 0 e. The molecule has 2 N–H and O–H groups in total. The predicted octanol–water partition coefficient (Wildman–Crippen LogP) is -1.36. The van der Waals surface area contributed by atoms with Crippen LogP contribution in [-0.4, -0.2) is 8.32 Å². The molecule has 0 aliphatic rings. The summed E-state index contributed by atoms with van der Waals surface area (Å²) in [6.07, 6.45) is 0. The Balaban J connectivity index is -0.0000000800. The smallest absolute Gasteiger partial charge is 0 e. The fourth-order valence-electron chi connectivity index (χ4n) is 0. The Hall–Kier alpha value is 1.20. The zero-order valence-corrected chi connectivity index (χ0v) is 8.53. The van der Waals surface area contributed by atoms with Gasteiger partial charge in [0.25, 0.3) is 0 Å². The Morgan fingerprint density at radius 1 is 1.14 bits per heavy atom. The third-order valence-corrected chi connectivity index (χ3v) is 0. The third-order valence-electron chi connectivity index (χ3n) is 0. The van der Waals surface area contributed by atoms with Gasteiger partial charge in [0, 0.05) is 36.5 Å². The summed E-state index contributed by atoms with van der Waals surface area (Å²) in [5.41, 5.74) is 0. The fraction of sp³-hybridized carbons (Fsp3) is 0. The second-order valence-corrected chi connectivity index (χ2v) is 1.85. The van der Waals surface area contributed by atoms with Crippen molar-refractivity contribution in [3.05, 3.63) is 0 Å². The van der Waals surface area contributed by atoms with E-state index in [2.05, 4.69) is 0 Å². The van der Waals surface area contributed by atoms with E-state index in [1.54, 1.807) is 0 Å². The Morgan fingerprint density at radius 2 is 1.14 bits per heavy atom. The molecule has 0 aromatic heterocycles. The van der Waals surface area contributed by atoms with E-state index in [-0.39, 0.29) is 36.5 Å². The van der Waals surface area contributed by atoms with Gasteiger partial charge in [0.1, 0.15) is 0 Å². The van der Waals surface area contributed by atoms with Gasteiger partial charge >= 0.3 is 29.5 Å². The topological polar surface area (TPSA) is 74.6 Å². The molecule has 0 aromatic carbocycles. The molecule has 0 saturated carbocycles.